The summed E-state index contributed by atoms with van der Waals surface area (Å²) in [7, 11) is 0. The van der Waals surface area contributed by atoms with Crippen LogP contribution in [0.2, 0.25) is 0 Å². The van der Waals surface area contributed by atoms with E-state index in [0.717, 1.165) is 16.9 Å². The largest absolute Gasteiger partial charge is 0.352 e. The SMILES string of the molecule is CSc1ccccc1C(=O)NCCc1ccc(-c2cccs2)s1. The molecular weight excluding hydrogens is 342 g/mol. The Hall–Kier alpha value is -1.56. The van der Waals surface area contributed by atoms with Crippen molar-refractivity contribution in [2.75, 3.05) is 12.8 Å². The minimum Gasteiger partial charge on any atom is -0.352 e. The maximum Gasteiger partial charge on any atom is 0.252 e. The van der Waals surface area contributed by atoms with Gasteiger partial charge in [-0.1, -0.05) is 18.2 Å². The van der Waals surface area contributed by atoms with Gasteiger partial charge in [-0.05, 0) is 48.4 Å². The second-order valence-corrected chi connectivity index (χ2v) is 7.91. The van der Waals surface area contributed by atoms with Crippen molar-refractivity contribution in [1.29, 1.82) is 0 Å². The van der Waals surface area contributed by atoms with Crippen molar-refractivity contribution in [3.05, 3.63) is 64.4 Å². The Kier molecular flexibility index (Phi) is 5.54. The van der Waals surface area contributed by atoms with Crippen molar-refractivity contribution in [2.45, 2.75) is 11.3 Å². The number of thioether (sulfide) groups is 1. The summed E-state index contributed by atoms with van der Waals surface area (Å²) < 4.78 is 0. The van der Waals surface area contributed by atoms with Gasteiger partial charge in [-0.15, -0.1) is 34.4 Å². The first kappa shape index (κ1) is 16.3. The Morgan fingerprint density at radius 1 is 1.09 bits per heavy atom. The molecule has 118 valence electrons. The van der Waals surface area contributed by atoms with E-state index in [9.17, 15) is 4.79 Å². The summed E-state index contributed by atoms with van der Waals surface area (Å²) in [6.45, 7) is 0.659. The number of carbonyl (C=O) groups is 1. The monoisotopic (exact) mass is 359 g/mol. The Labute approximate surface area is 148 Å². The van der Waals surface area contributed by atoms with E-state index in [1.807, 2.05) is 30.5 Å². The molecule has 1 N–H and O–H groups in total. The van der Waals surface area contributed by atoms with E-state index in [0.29, 0.717) is 6.54 Å². The van der Waals surface area contributed by atoms with Gasteiger partial charge in [0.05, 0.1) is 5.56 Å². The highest BCUT2D eigenvalue weighted by Gasteiger charge is 2.10. The maximum atomic E-state index is 12.3. The fraction of sp³-hybridized carbons (Fsp3) is 0.167. The highest BCUT2D eigenvalue weighted by Crippen LogP contribution is 2.31. The first-order valence-electron chi connectivity index (χ1n) is 7.32. The van der Waals surface area contributed by atoms with Crippen molar-refractivity contribution in [1.82, 2.24) is 5.32 Å². The summed E-state index contributed by atoms with van der Waals surface area (Å²) in [4.78, 5) is 17.2. The Morgan fingerprint density at radius 3 is 2.74 bits per heavy atom. The van der Waals surface area contributed by atoms with E-state index in [4.69, 9.17) is 0 Å². The third kappa shape index (κ3) is 4.05. The van der Waals surface area contributed by atoms with Crippen LogP contribution in [-0.2, 0) is 6.42 Å². The van der Waals surface area contributed by atoms with Crippen molar-refractivity contribution >= 4 is 40.3 Å². The summed E-state index contributed by atoms with van der Waals surface area (Å²) in [5.41, 5.74) is 0.755. The first-order valence-corrected chi connectivity index (χ1v) is 10.2. The fourth-order valence-electron chi connectivity index (χ4n) is 2.29. The lowest BCUT2D eigenvalue weighted by Gasteiger charge is -2.07. The van der Waals surface area contributed by atoms with Gasteiger partial charge in [0.15, 0.2) is 0 Å². The maximum absolute atomic E-state index is 12.3. The van der Waals surface area contributed by atoms with Gasteiger partial charge in [-0.2, -0.15) is 0 Å². The smallest absolute Gasteiger partial charge is 0.252 e. The van der Waals surface area contributed by atoms with Crippen LogP contribution in [0.25, 0.3) is 9.75 Å². The molecule has 0 bridgehead atoms. The van der Waals surface area contributed by atoms with Crippen molar-refractivity contribution in [3.8, 4) is 9.75 Å². The van der Waals surface area contributed by atoms with Crippen molar-refractivity contribution < 1.29 is 4.79 Å². The highest BCUT2D eigenvalue weighted by molar-refractivity contribution is 7.98. The average molecular weight is 360 g/mol. The number of carbonyl (C=O) groups excluding carboxylic acids is 1. The van der Waals surface area contributed by atoms with E-state index in [1.165, 1.54) is 14.6 Å². The number of hydrogen-bond donors (Lipinski definition) is 1. The van der Waals surface area contributed by atoms with Crippen LogP contribution in [0, 0.1) is 0 Å². The van der Waals surface area contributed by atoms with E-state index in [2.05, 4.69) is 35.0 Å². The van der Waals surface area contributed by atoms with Crippen molar-refractivity contribution in [2.24, 2.45) is 0 Å². The molecule has 0 aliphatic heterocycles. The molecule has 3 rings (SSSR count). The molecule has 0 aliphatic carbocycles. The van der Waals surface area contributed by atoms with Gasteiger partial charge in [-0.3, -0.25) is 4.79 Å². The molecule has 5 heteroatoms. The van der Waals surface area contributed by atoms with Gasteiger partial charge in [-0.25, -0.2) is 0 Å². The summed E-state index contributed by atoms with van der Waals surface area (Å²) in [5.74, 6) is 0.00462. The molecule has 0 unspecified atom stereocenters. The lowest BCUT2D eigenvalue weighted by atomic mass is 10.2. The van der Waals surface area contributed by atoms with E-state index in [-0.39, 0.29) is 5.91 Å². The zero-order valence-corrected chi connectivity index (χ0v) is 15.2. The van der Waals surface area contributed by atoms with Crippen LogP contribution in [0.1, 0.15) is 15.2 Å². The molecule has 0 saturated heterocycles. The molecule has 3 aromatic rings. The van der Waals surface area contributed by atoms with Gasteiger partial charge in [0.25, 0.3) is 5.91 Å². The fourth-order valence-corrected chi connectivity index (χ4v) is 4.73. The molecular formula is C18H17NOS3. The zero-order valence-electron chi connectivity index (χ0n) is 12.7. The molecule has 2 heterocycles. The number of benzene rings is 1. The molecule has 0 fully saturated rings. The Bertz CT molecular complexity index is 777. The quantitative estimate of drug-likeness (QED) is 0.615. The standard InChI is InChI=1S/C18H17NOS3/c1-21-15-6-3-2-5-14(15)18(20)19-11-10-13-8-9-17(23-13)16-7-4-12-22-16/h2-9,12H,10-11H2,1H3,(H,19,20). The molecule has 0 aliphatic rings. The summed E-state index contributed by atoms with van der Waals surface area (Å²) >= 11 is 5.16. The van der Waals surface area contributed by atoms with Gasteiger partial charge in [0, 0.05) is 26.1 Å². The minimum absolute atomic E-state index is 0.00462. The van der Waals surface area contributed by atoms with Gasteiger partial charge >= 0.3 is 0 Å². The lowest BCUT2D eigenvalue weighted by Crippen LogP contribution is -2.25. The second-order valence-electron chi connectivity index (χ2n) is 4.95. The minimum atomic E-state index is 0.00462. The van der Waals surface area contributed by atoms with E-state index < -0.39 is 0 Å². The molecule has 2 aromatic heterocycles. The first-order chi connectivity index (χ1) is 11.3. The van der Waals surface area contributed by atoms with Gasteiger partial charge < -0.3 is 5.32 Å². The molecule has 1 aromatic carbocycles. The van der Waals surface area contributed by atoms with Crippen LogP contribution in [0.3, 0.4) is 0 Å². The molecule has 0 spiro atoms. The van der Waals surface area contributed by atoms with Crippen LogP contribution in [0.4, 0.5) is 0 Å². The van der Waals surface area contributed by atoms with Crippen LogP contribution < -0.4 is 5.32 Å². The Morgan fingerprint density at radius 2 is 1.96 bits per heavy atom. The lowest BCUT2D eigenvalue weighted by molar-refractivity contribution is 0.0951. The van der Waals surface area contributed by atoms with Crippen molar-refractivity contribution in [3.63, 3.8) is 0 Å². The number of nitrogens with one attached hydrogen (secondary N) is 1. The average Bonchev–Trinajstić information content (AvgIpc) is 3.26. The van der Waals surface area contributed by atoms with E-state index in [1.54, 1.807) is 34.4 Å². The predicted molar refractivity (Wildman–Crippen MR) is 102 cm³/mol. The number of thiophene rings is 2. The van der Waals surface area contributed by atoms with Crippen LogP contribution in [0.5, 0.6) is 0 Å². The molecule has 0 radical (unpaired) electrons. The third-order valence-electron chi connectivity index (χ3n) is 3.43. The Balaban J connectivity index is 1.56. The molecule has 1 amide bonds. The third-order valence-corrected chi connectivity index (χ3v) is 6.44. The number of hydrogen-bond acceptors (Lipinski definition) is 4. The summed E-state index contributed by atoms with van der Waals surface area (Å²) in [5, 5.41) is 5.12. The van der Waals surface area contributed by atoms with Crippen LogP contribution >= 0.6 is 34.4 Å². The molecule has 0 atom stereocenters. The van der Waals surface area contributed by atoms with Crippen LogP contribution in [-0.4, -0.2) is 18.7 Å². The summed E-state index contributed by atoms with van der Waals surface area (Å²) in [6, 6.07) is 16.2. The number of amides is 1. The summed E-state index contributed by atoms with van der Waals surface area (Å²) in [6.07, 6.45) is 2.85. The van der Waals surface area contributed by atoms with Crippen LogP contribution in [0.15, 0.2) is 58.8 Å². The molecule has 0 saturated carbocycles. The zero-order chi connectivity index (χ0) is 16.1. The van der Waals surface area contributed by atoms with Gasteiger partial charge in [0.1, 0.15) is 0 Å². The van der Waals surface area contributed by atoms with Gasteiger partial charge in [0.2, 0.25) is 0 Å². The number of rotatable bonds is 6. The predicted octanol–water partition coefficient (Wildman–Crippen LogP) is 5.17. The normalized spacial score (nSPS) is 10.7. The topological polar surface area (TPSA) is 29.1 Å². The van der Waals surface area contributed by atoms with E-state index >= 15 is 0 Å². The highest BCUT2D eigenvalue weighted by atomic mass is 32.2. The molecule has 2 nitrogen and oxygen atoms in total. The molecule has 23 heavy (non-hydrogen) atoms. The second kappa shape index (κ2) is 7.81.